The van der Waals surface area contributed by atoms with Crippen LogP contribution in [0.1, 0.15) is 42.1 Å². The van der Waals surface area contributed by atoms with E-state index in [0.717, 1.165) is 30.3 Å². The third-order valence-corrected chi connectivity index (χ3v) is 3.31. The third-order valence-electron chi connectivity index (χ3n) is 3.31. The monoisotopic (exact) mass is 248 g/mol. The average Bonchev–Trinajstić information content (AvgIpc) is 3.18. The molecular weight excluding hydrogens is 228 g/mol. The molecule has 0 saturated heterocycles. The van der Waals surface area contributed by atoms with E-state index >= 15 is 0 Å². The first-order chi connectivity index (χ1) is 8.70. The largest absolute Gasteiger partial charge is 0.496 e. The molecule has 0 amide bonds. The molecule has 3 heteroatoms. The topological polar surface area (TPSA) is 35.5 Å². The molecule has 1 aromatic carbocycles. The Morgan fingerprint density at radius 3 is 2.78 bits per heavy atom. The number of hydrogen-bond donors (Lipinski definition) is 0. The fourth-order valence-electron chi connectivity index (χ4n) is 1.95. The summed E-state index contributed by atoms with van der Waals surface area (Å²) in [5.74, 6) is 1.73. The van der Waals surface area contributed by atoms with Crippen LogP contribution < -0.4 is 4.74 Å². The van der Waals surface area contributed by atoms with Crippen molar-refractivity contribution >= 4 is 5.78 Å². The van der Waals surface area contributed by atoms with Crippen LogP contribution >= 0.6 is 0 Å². The van der Waals surface area contributed by atoms with E-state index in [9.17, 15) is 4.79 Å². The molecule has 0 spiro atoms. The van der Waals surface area contributed by atoms with Gasteiger partial charge in [0.05, 0.1) is 13.7 Å². The summed E-state index contributed by atoms with van der Waals surface area (Å²) in [6.07, 6.45) is 3.85. The molecule has 2 rings (SSSR count). The number of hydrogen-bond acceptors (Lipinski definition) is 3. The third kappa shape index (κ3) is 3.57. The lowest BCUT2D eigenvalue weighted by Crippen LogP contribution is -2.01. The summed E-state index contributed by atoms with van der Waals surface area (Å²) in [7, 11) is 1.64. The van der Waals surface area contributed by atoms with E-state index in [-0.39, 0.29) is 5.78 Å². The number of ether oxygens (including phenoxy) is 2. The summed E-state index contributed by atoms with van der Waals surface area (Å²) < 4.78 is 10.9. The van der Waals surface area contributed by atoms with E-state index in [1.165, 1.54) is 12.8 Å². The van der Waals surface area contributed by atoms with Gasteiger partial charge in [-0.1, -0.05) is 12.8 Å². The van der Waals surface area contributed by atoms with Gasteiger partial charge in [0.2, 0.25) is 0 Å². The van der Waals surface area contributed by atoms with Crippen LogP contribution in [0.2, 0.25) is 0 Å². The van der Waals surface area contributed by atoms with Crippen molar-refractivity contribution in [1.29, 1.82) is 0 Å². The number of benzene rings is 1. The smallest absolute Gasteiger partial charge is 0.159 e. The molecular formula is C15H20O3. The van der Waals surface area contributed by atoms with Crippen LogP contribution in [0.4, 0.5) is 0 Å². The van der Waals surface area contributed by atoms with Crippen LogP contribution in [0.15, 0.2) is 18.2 Å². The maximum atomic E-state index is 11.3. The number of carbonyl (C=O) groups excluding carboxylic acids is 1. The van der Waals surface area contributed by atoms with Crippen molar-refractivity contribution in [1.82, 2.24) is 0 Å². The van der Waals surface area contributed by atoms with Gasteiger partial charge in [-0.3, -0.25) is 4.79 Å². The molecule has 0 bridgehead atoms. The first-order valence-electron chi connectivity index (χ1n) is 6.46. The number of rotatable bonds is 7. The molecule has 0 radical (unpaired) electrons. The molecule has 0 N–H and O–H groups in total. The molecule has 1 aliphatic carbocycles. The number of carbonyl (C=O) groups is 1. The fourth-order valence-corrected chi connectivity index (χ4v) is 1.95. The molecule has 0 atom stereocenters. The SMILES string of the molecule is COc1ccc(C(C)=O)cc1COCCC1CC1. The first kappa shape index (κ1) is 13.1. The minimum atomic E-state index is 0.0666. The van der Waals surface area contributed by atoms with Crippen molar-refractivity contribution in [2.75, 3.05) is 13.7 Å². The maximum absolute atomic E-state index is 11.3. The first-order valence-corrected chi connectivity index (χ1v) is 6.46. The molecule has 0 aromatic heterocycles. The average molecular weight is 248 g/mol. The Bertz CT molecular complexity index is 422. The van der Waals surface area contributed by atoms with Crippen molar-refractivity contribution in [3.63, 3.8) is 0 Å². The minimum absolute atomic E-state index is 0.0666. The molecule has 1 aromatic rings. The van der Waals surface area contributed by atoms with Gasteiger partial charge in [0.15, 0.2) is 5.78 Å². The van der Waals surface area contributed by atoms with Crippen LogP contribution in [0.25, 0.3) is 0 Å². The van der Waals surface area contributed by atoms with Gasteiger partial charge in [-0.15, -0.1) is 0 Å². The molecule has 98 valence electrons. The predicted molar refractivity (Wildman–Crippen MR) is 70.0 cm³/mol. The second-order valence-electron chi connectivity index (χ2n) is 4.87. The molecule has 1 fully saturated rings. The summed E-state index contributed by atoms with van der Waals surface area (Å²) in [6.45, 7) is 2.87. The van der Waals surface area contributed by atoms with Gasteiger partial charge in [-0.25, -0.2) is 0 Å². The molecule has 1 saturated carbocycles. The van der Waals surface area contributed by atoms with E-state index in [1.54, 1.807) is 20.1 Å². The van der Waals surface area contributed by atoms with Gasteiger partial charge >= 0.3 is 0 Å². The van der Waals surface area contributed by atoms with E-state index in [1.807, 2.05) is 12.1 Å². The van der Waals surface area contributed by atoms with E-state index < -0.39 is 0 Å². The summed E-state index contributed by atoms with van der Waals surface area (Å²) >= 11 is 0. The molecule has 3 nitrogen and oxygen atoms in total. The second-order valence-corrected chi connectivity index (χ2v) is 4.87. The maximum Gasteiger partial charge on any atom is 0.159 e. The highest BCUT2D eigenvalue weighted by atomic mass is 16.5. The van der Waals surface area contributed by atoms with Crippen LogP contribution in [0, 0.1) is 5.92 Å². The Kier molecular flexibility index (Phi) is 4.37. The van der Waals surface area contributed by atoms with Crippen LogP contribution in [-0.2, 0) is 11.3 Å². The molecule has 0 aliphatic heterocycles. The van der Waals surface area contributed by atoms with Gasteiger partial charge in [-0.05, 0) is 37.5 Å². The van der Waals surface area contributed by atoms with Gasteiger partial charge in [-0.2, -0.15) is 0 Å². The minimum Gasteiger partial charge on any atom is -0.496 e. The van der Waals surface area contributed by atoms with E-state index in [4.69, 9.17) is 9.47 Å². The highest BCUT2D eigenvalue weighted by molar-refractivity contribution is 5.94. The van der Waals surface area contributed by atoms with Crippen LogP contribution in [0.5, 0.6) is 5.75 Å². The van der Waals surface area contributed by atoms with Crippen molar-refractivity contribution in [3.8, 4) is 5.75 Å². The molecule has 18 heavy (non-hydrogen) atoms. The number of ketones is 1. The van der Waals surface area contributed by atoms with Gasteiger partial charge < -0.3 is 9.47 Å². The number of Topliss-reactive ketones (excluding diaryl/α,β-unsaturated/α-hetero) is 1. The molecule has 1 aliphatic rings. The van der Waals surface area contributed by atoms with Crippen LogP contribution in [0.3, 0.4) is 0 Å². The fraction of sp³-hybridized carbons (Fsp3) is 0.533. The zero-order valence-electron chi connectivity index (χ0n) is 11.1. The molecule has 0 heterocycles. The highest BCUT2D eigenvalue weighted by Crippen LogP contribution is 2.32. The summed E-state index contributed by atoms with van der Waals surface area (Å²) in [6, 6.07) is 5.48. The Labute approximate surface area is 108 Å². The Morgan fingerprint density at radius 2 is 2.17 bits per heavy atom. The van der Waals surface area contributed by atoms with Crippen molar-refractivity contribution in [2.45, 2.75) is 32.8 Å². The zero-order valence-corrected chi connectivity index (χ0v) is 11.1. The van der Waals surface area contributed by atoms with Crippen molar-refractivity contribution in [2.24, 2.45) is 5.92 Å². The van der Waals surface area contributed by atoms with E-state index in [0.29, 0.717) is 12.2 Å². The van der Waals surface area contributed by atoms with Crippen LogP contribution in [-0.4, -0.2) is 19.5 Å². The Balaban J connectivity index is 1.94. The summed E-state index contributed by atoms with van der Waals surface area (Å²) in [5.41, 5.74) is 1.65. The standard InChI is InChI=1S/C15H20O3/c1-11(16)13-5-6-15(17-2)14(9-13)10-18-8-7-12-3-4-12/h5-6,9,12H,3-4,7-8,10H2,1-2H3. The van der Waals surface area contributed by atoms with E-state index in [2.05, 4.69) is 0 Å². The second kappa shape index (κ2) is 6.01. The lowest BCUT2D eigenvalue weighted by molar-refractivity contribution is 0.101. The predicted octanol–water partition coefficient (Wildman–Crippen LogP) is 3.21. The Hall–Kier alpha value is -1.35. The highest BCUT2D eigenvalue weighted by Gasteiger charge is 2.20. The van der Waals surface area contributed by atoms with Crippen molar-refractivity contribution < 1.29 is 14.3 Å². The van der Waals surface area contributed by atoms with Gasteiger partial charge in [0, 0.05) is 17.7 Å². The quantitative estimate of drug-likeness (QED) is 0.549. The van der Waals surface area contributed by atoms with Gasteiger partial charge in [0.25, 0.3) is 0 Å². The number of methoxy groups -OCH3 is 1. The summed E-state index contributed by atoms with van der Waals surface area (Å²) in [4.78, 5) is 11.3. The van der Waals surface area contributed by atoms with Gasteiger partial charge in [0.1, 0.15) is 5.75 Å². The Morgan fingerprint density at radius 1 is 1.39 bits per heavy atom. The lowest BCUT2D eigenvalue weighted by Gasteiger charge is -2.10. The zero-order chi connectivity index (χ0) is 13.0. The lowest BCUT2D eigenvalue weighted by atomic mass is 10.1. The summed E-state index contributed by atoms with van der Waals surface area (Å²) in [5, 5.41) is 0. The molecule has 0 unspecified atom stereocenters. The van der Waals surface area contributed by atoms with Crippen molar-refractivity contribution in [3.05, 3.63) is 29.3 Å². The normalized spacial score (nSPS) is 14.6.